The van der Waals surface area contributed by atoms with Crippen molar-refractivity contribution in [1.29, 1.82) is 0 Å². The van der Waals surface area contributed by atoms with Gasteiger partial charge >= 0.3 is 0 Å². The SMILES string of the molecule is CCOc1ccc(C(=O)N[C@H](C)c2ccc(F)cc2)cc1CN(C)S(=O)(=O)c1ccc(C)cc1. The molecule has 34 heavy (non-hydrogen) atoms. The van der Waals surface area contributed by atoms with Gasteiger partial charge in [-0.3, -0.25) is 4.79 Å². The van der Waals surface area contributed by atoms with Crippen LogP contribution in [0.4, 0.5) is 4.39 Å². The Kier molecular flexibility index (Phi) is 8.06. The first-order chi connectivity index (χ1) is 16.1. The van der Waals surface area contributed by atoms with Crippen molar-refractivity contribution in [3.8, 4) is 5.75 Å². The quantitative estimate of drug-likeness (QED) is 0.471. The number of nitrogens with zero attached hydrogens (tertiary/aromatic N) is 1. The zero-order valence-electron chi connectivity index (χ0n) is 19.7. The maximum Gasteiger partial charge on any atom is 0.251 e. The molecular weight excluding hydrogens is 455 g/mol. The summed E-state index contributed by atoms with van der Waals surface area (Å²) < 4.78 is 46.2. The number of sulfonamides is 1. The molecule has 0 aromatic heterocycles. The van der Waals surface area contributed by atoms with E-state index < -0.39 is 10.0 Å². The van der Waals surface area contributed by atoms with Crippen molar-refractivity contribution in [1.82, 2.24) is 9.62 Å². The van der Waals surface area contributed by atoms with Crippen molar-refractivity contribution < 1.29 is 22.3 Å². The van der Waals surface area contributed by atoms with Crippen molar-refractivity contribution in [3.63, 3.8) is 0 Å². The van der Waals surface area contributed by atoms with E-state index in [1.54, 1.807) is 54.6 Å². The number of ether oxygens (including phenoxy) is 1. The summed E-state index contributed by atoms with van der Waals surface area (Å²) in [6.45, 7) is 5.96. The molecule has 3 rings (SSSR count). The Labute approximate surface area is 200 Å². The van der Waals surface area contributed by atoms with Crippen LogP contribution < -0.4 is 10.1 Å². The zero-order chi connectivity index (χ0) is 24.9. The Morgan fingerprint density at radius 2 is 1.71 bits per heavy atom. The van der Waals surface area contributed by atoms with Crippen LogP contribution >= 0.6 is 0 Å². The molecule has 0 aliphatic heterocycles. The standard InChI is InChI=1S/C26H29FN2O4S/c1-5-33-25-15-10-21(26(30)28-19(3)20-8-11-23(27)12-9-20)16-22(25)17-29(4)34(31,32)24-13-6-18(2)7-14-24/h6-16,19H,5,17H2,1-4H3,(H,28,30)/t19-/m1/s1. The Morgan fingerprint density at radius 1 is 1.06 bits per heavy atom. The van der Waals surface area contributed by atoms with E-state index in [1.165, 1.54) is 23.5 Å². The molecule has 1 amide bonds. The minimum atomic E-state index is -3.73. The highest BCUT2D eigenvalue weighted by Crippen LogP contribution is 2.25. The van der Waals surface area contributed by atoms with E-state index in [0.717, 1.165) is 11.1 Å². The minimum Gasteiger partial charge on any atom is -0.494 e. The monoisotopic (exact) mass is 484 g/mol. The van der Waals surface area contributed by atoms with E-state index in [9.17, 15) is 17.6 Å². The highest BCUT2D eigenvalue weighted by atomic mass is 32.2. The summed E-state index contributed by atoms with van der Waals surface area (Å²) in [5.74, 6) is -0.162. The van der Waals surface area contributed by atoms with Gasteiger partial charge in [0.05, 0.1) is 17.5 Å². The van der Waals surface area contributed by atoms with Gasteiger partial charge in [0.15, 0.2) is 0 Å². The van der Waals surface area contributed by atoms with E-state index >= 15 is 0 Å². The predicted octanol–water partition coefficient (Wildman–Crippen LogP) is 4.84. The number of benzene rings is 3. The summed E-state index contributed by atoms with van der Waals surface area (Å²) >= 11 is 0. The normalized spacial score (nSPS) is 12.4. The Balaban J connectivity index is 1.83. The number of rotatable bonds is 9. The van der Waals surface area contributed by atoms with Crippen LogP contribution in [-0.2, 0) is 16.6 Å². The molecule has 3 aromatic carbocycles. The highest BCUT2D eigenvalue weighted by molar-refractivity contribution is 7.89. The first-order valence-corrected chi connectivity index (χ1v) is 12.4. The van der Waals surface area contributed by atoms with Gasteiger partial charge < -0.3 is 10.1 Å². The summed E-state index contributed by atoms with van der Waals surface area (Å²) in [5, 5.41) is 2.89. The lowest BCUT2D eigenvalue weighted by atomic mass is 10.1. The molecule has 0 aliphatic carbocycles. The van der Waals surface area contributed by atoms with Gasteiger partial charge in [-0.1, -0.05) is 29.8 Å². The topological polar surface area (TPSA) is 75.7 Å². The largest absolute Gasteiger partial charge is 0.494 e. The third-order valence-electron chi connectivity index (χ3n) is 5.46. The second-order valence-corrected chi connectivity index (χ2v) is 10.1. The molecule has 6 nitrogen and oxygen atoms in total. The van der Waals surface area contributed by atoms with Crippen LogP contribution in [0.25, 0.3) is 0 Å². The molecule has 0 aliphatic rings. The number of halogens is 1. The highest BCUT2D eigenvalue weighted by Gasteiger charge is 2.23. The lowest BCUT2D eigenvalue weighted by Gasteiger charge is -2.20. The molecule has 180 valence electrons. The maximum absolute atomic E-state index is 13.2. The minimum absolute atomic E-state index is 0.0280. The van der Waals surface area contributed by atoms with E-state index in [0.29, 0.717) is 23.5 Å². The van der Waals surface area contributed by atoms with Gasteiger partial charge in [-0.25, -0.2) is 12.8 Å². The van der Waals surface area contributed by atoms with Gasteiger partial charge in [0.2, 0.25) is 10.0 Å². The average molecular weight is 485 g/mol. The van der Waals surface area contributed by atoms with Gasteiger partial charge in [0.25, 0.3) is 5.91 Å². The lowest BCUT2D eigenvalue weighted by molar-refractivity contribution is 0.0939. The molecule has 0 unspecified atom stereocenters. The number of amides is 1. The average Bonchev–Trinajstić information content (AvgIpc) is 2.80. The smallest absolute Gasteiger partial charge is 0.251 e. The van der Waals surface area contributed by atoms with Crippen LogP contribution in [0.2, 0.25) is 0 Å². The summed E-state index contributed by atoms with van der Waals surface area (Å²) in [5.41, 5.74) is 2.68. The number of carbonyl (C=O) groups excluding carboxylic acids is 1. The van der Waals surface area contributed by atoms with Gasteiger partial charge in [-0.2, -0.15) is 4.31 Å². The third kappa shape index (κ3) is 6.01. The van der Waals surface area contributed by atoms with E-state index in [1.807, 2.05) is 20.8 Å². The Hall–Kier alpha value is -3.23. The van der Waals surface area contributed by atoms with Crippen LogP contribution in [0.1, 0.15) is 46.9 Å². The molecule has 0 bridgehead atoms. The molecule has 0 spiro atoms. The van der Waals surface area contributed by atoms with Crippen LogP contribution in [-0.4, -0.2) is 32.3 Å². The lowest BCUT2D eigenvalue weighted by Crippen LogP contribution is -2.28. The molecule has 0 radical (unpaired) electrons. The number of aryl methyl sites for hydroxylation is 1. The number of hydrogen-bond acceptors (Lipinski definition) is 4. The number of hydrogen-bond donors (Lipinski definition) is 1. The molecule has 0 heterocycles. The van der Waals surface area contributed by atoms with Crippen LogP contribution in [0.3, 0.4) is 0 Å². The van der Waals surface area contributed by atoms with Crippen LogP contribution in [0, 0.1) is 12.7 Å². The van der Waals surface area contributed by atoms with Gasteiger partial charge in [-0.15, -0.1) is 0 Å². The molecule has 1 atom stereocenters. The molecule has 1 N–H and O–H groups in total. The fraction of sp³-hybridized carbons (Fsp3) is 0.269. The fourth-order valence-corrected chi connectivity index (χ4v) is 4.62. The number of nitrogens with one attached hydrogen (secondary N) is 1. The zero-order valence-corrected chi connectivity index (χ0v) is 20.5. The summed E-state index contributed by atoms with van der Waals surface area (Å²) in [6.07, 6.45) is 0. The van der Waals surface area contributed by atoms with Gasteiger partial charge in [0.1, 0.15) is 11.6 Å². The van der Waals surface area contributed by atoms with Crippen molar-refractivity contribution in [2.45, 2.75) is 38.3 Å². The first kappa shape index (κ1) is 25.4. The van der Waals surface area contributed by atoms with E-state index in [4.69, 9.17) is 4.74 Å². The molecule has 0 saturated heterocycles. The first-order valence-electron chi connectivity index (χ1n) is 11.0. The molecule has 0 fully saturated rings. The van der Waals surface area contributed by atoms with Crippen LogP contribution in [0.5, 0.6) is 5.75 Å². The fourth-order valence-electron chi connectivity index (χ4n) is 3.47. The predicted molar refractivity (Wildman–Crippen MR) is 130 cm³/mol. The summed E-state index contributed by atoms with van der Waals surface area (Å²) in [7, 11) is -2.24. The van der Waals surface area contributed by atoms with Crippen molar-refractivity contribution in [2.24, 2.45) is 0 Å². The Morgan fingerprint density at radius 3 is 2.32 bits per heavy atom. The van der Waals surface area contributed by atoms with Crippen molar-refractivity contribution in [3.05, 3.63) is 94.8 Å². The Bertz CT molecular complexity index is 1240. The van der Waals surface area contributed by atoms with Gasteiger partial charge in [0, 0.05) is 24.7 Å². The number of carbonyl (C=O) groups is 1. The van der Waals surface area contributed by atoms with Crippen LogP contribution in [0.15, 0.2) is 71.6 Å². The summed E-state index contributed by atoms with van der Waals surface area (Å²) in [4.78, 5) is 13.1. The maximum atomic E-state index is 13.2. The van der Waals surface area contributed by atoms with Gasteiger partial charge in [-0.05, 0) is 68.8 Å². The molecular formula is C26H29FN2O4S. The second kappa shape index (κ2) is 10.8. The molecule has 3 aromatic rings. The van der Waals surface area contributed by atoms with E-state index in [-0.39, 0.29) is 29.2 Å². The molecule has 0 saturated carbocycles. The summed E-state index contributed by atoms with van der Waals surface area (Å²) in [6, 6.07) is 17.2. The van der Waals surface area contributed by atoms with Crippen molar-refractivity contribution >= 4 is 15.9 Å². The van der Waals surface area contributed by atoms with Crippen molar-refractivity contribution in [2.75, 3.05) is 13.7 Å². The second-order valence-electron chi connectivity index (χ2n) is 8.08. The van der Waals surface area contributed by atoms with E-state index in [2.05, 4.69) is 5.32 Å². The third-order valence-corrected chi connectivity index (χ3v) is 7.28. The molecule has 8 heteroatoms.